The zero-order chi connectivity index (χ0) is 15.9. The molecule has 116 valence electrons. The third kappa shape index (κ3) is 6.42. The van der Waals surface area contributed by atoms with Crippen LogP contribution in [0.3, 0.4) is 0 Å². The van der Waals surface area contributed by atoms with Crippen molar-refractivity contribution in [3.8, 4) is 0 Å². The summed E-state index contributed by atoms with van der Waals surface area (Å²) in [5.74, 6) is -1.14. The number of aryl methyl sites for hydroxylation is 1. The summed E-state index contributed by atoms with van der Waals surface area (Å²) in [5, 5.41) is 8.59. The summed E-state index contributed by atoms with van der Waals surface area (Å²) >= 11 is 0. The van der Waals surface area contributed by atoms with Gasteiger partial charge in [-0.1, -0.05) is 6.07 Å². The van der Waals surface area contributed by atoms with Crippen molar-refractivity contribution < 1.29 is 23.1 Å². The lowest BCUT2D eigenvalue weighted by Gasteiger charge is -2.10. The van der Waals surface area contributed by atoms with E-state index in [1.54, 1.807) is 32.0 Å². The molecule has 6 nitrogen and oxygen atoms in total. The van der Waals surface area contributed by atoms with E-state index in [1.165, 1.54) is 6.08 Å². The maximum Gasteiger partial charge on any atom is 0.328 e. The number of sulfonamides is 1. The van der Waals surface area contributed by atoms with Gasteiger partial charge in [0.15, 0.2) is 0 Å². The molecule has 0 atom stereocenters. The van der Waals surface area contributed by atoms with E-state index < -0.39 is 16.0 Å². The predicted octanol–water partition coefficient (Wildman–Crippen LogP) is 1.87. The molecule has 1 aromatic rings. The molecular weight excluding hydrogens is 294 g/mol. The van der Waals surface area contributed by atoms with E-state index in [2.05, 4.69) is 4.72 Å². The Morgan fingerprint density at radius 3 is 2.71 bits per heavy atom. The number of anilines is 1. The SMILES string of the molecule is CCOCCS(=O)(=O)Nc1ccc(C=CC(=O)O)c(C)c1. The largest absolute Gasteiger partial charge is 0.478 e. The molecule has 0 aliphatic rings. The summed E-state index contributed by atoms with van der Waals surface area (Å²) in [6, 6.07) is 4.90. The Morgan fingerprint density at radius 1 is 1.43 bits per heavy atom. The molecule has 21 heavy (non-hydrogen) atoms. The molecule has 0 spiro atoms. The summed E-state index contributed by atoms with van der Waals surface area (Å²) in [5.41, 5.74) is 1.93. The number of carboxylic acid groups (broad SMARTS) is 1. The van der Waals surface area contributed by atoms with Gasteiger partial charge < -0.3 is 9.84 Å². The van der Waals surface area contributed by atoms with Gasteiger partial charge in [-0.25, -0.2) is 13.2 Å². The molecule has 0 fully saturated rings. The first-order chi connectivity index (χ1) is 9.84. The number of ether oxygens (including phenoxy) is 1. The Balaban J connectivity index is 2.77. The van der Waals surface area contributed by atoms with Gasteiger partial charge in [0.25, 0.3) is 0 Å². The molecule has 0 unspecified atom stereocenters. The normalized spacial score (nSPS) is 11.7. The van der Waals surface area contributed by atoms with Crippen molar-refractivity contribution in [2.45, 2.75) is 13.8 Å². The predicted molar refractivity (Wildman–Crippen MR) is 81.8 cm³/mol. The standard InChI is InChI=1S/C14H19NO5S/c1-3-20-8-9-21(18,19)15-13-6-4-12(11(2)10-13)5-7-14(16)17/h4-7,10,15H,3,8-9H2,1-2H3,(H,16,17). The van der Waals surface area contributed by atoms with Crippen LogP contribution in [-0.2, 0) is 19.6 Å². The first kappa shape index (κ1) is 17.2. The van der Waals surface area contributed by atoms with Gasteiger partial charge in [-0.15, -0.1) is 0 Å². The van der Waals surface area contributed by atoms with Gasteiger partial charge in [0.1, 0.15) is 0 Å². The van der Waals surface area contributed by atoms with Crippen molar-refractivity contribution in [3.63, 3.8) is 0 Å². The highest BCUT2D eigenvalue weighted by atomic mass is 32.2. The van der Waals surface area contributed by atoms with E-state index in [9.17, 15) is 13.2 Å². The maximum atomic E-state index is 11.8. The summed E-state index contributed by atoms with van der Waals surface area (Å²) in [6.07, 6.45) is 2.50. The van der Waals surface area contributed by atoms with Gasteiger partial charge in [-0.2, -0.15) is 0 Å². The molecule has 0 aromatic heterocycles. The Hall–Kier alpha value is -1.86. The summed E-state index contributed by atoms with van der Waals surface area (Å²) < 4.78 is 31.1. The highest BCUT2D eigenvalue weighted by molar-refractivity contribution is 7.92. The van der Waals surface area contributed by atoms with Crippen molar-refractivity contribution in [3.05, 3.63) is 35.4 Å². The number of hydrogen-bond donors (Lipinski definition) is 2. The third-order valence-corrected chi connectivity index (χ3v) is 3.90. The van der Waals surface area contributed by atoms with E-state index in [4.69, 9.17) is 9.84 Å². The number of carbonyl (C=O) groups is 1. The van der Waals surface area contributed by atoms with Crippen LogP contribution in [0.4, 0.5) is 5.69 Å². The molecule has 1 rings (SSSR count). The average molecular weight is 313 g/mol. The molecule has 0 radical (unpaired) electrons. The Bertz CT molecular complexity index is 622. The van der Waals surface area contributed by atoms with Crippen molar-refractivity contribution >= 4 is 27.8 Å². The van der Waals surface area contributed by atoms with Crippen molar-refractivity contribution in [2.24, 2.45) is 0 Å². The Morgan fingerprint density at radius 2 is 2.14 bits per heavy atom. The summed E-state index contributed by atoms with van der Waals surface area (Å²) in [7, 11) is -3.45. The topological polar surface area (TPSA) is 92.7 Å². The average Bonchev–Trinajstić information content (AvgIpc) is 2.37. The van der Waals surface area contributed by atoms with Crippen molar-refractivity contribution in [2.75, 3.05) is 23.7 Å². The van der Waals surface area contributed by atoms with Gasteiger partial charge >= 0.3 is 5.97 Å². The van der Waals surface area contributed by atoms with Crippen LogP contribution >= 0.6 is 0 Å². The minimum atomic E-state index is -3.45. The molecular formula is C14H19NO5S. The Labute approximate surface area is 124 Å². The van der Waals surface area contributed by atoms with Crippen molar-refractivity contribution in [1.29, 1.82) is 0 Å². The molecule has 0 bridgehead atoms. The number of hydrogen-bond acceptors (Lipinski definition) is 4. The highest BCUT2D eigenvalue weighted by Gasteiger charge is 2.10. The minimum absolute atomic E-state index is 0.111. The summed E-state index contributed by atoms with van der Waals surface area (Å²) in [4.78, 5) is 10.5. The van der Waals surface area contributed by atoms with Crippen molar-refractivity contribution in [1.82, 2.24) is 0 Å². The minimum Gasteiger partial charge on any atom is -0.478 e. The second-order valence-corrected chi connectivity index (χ2v) is 6.20. The van der Waals surface area contributed by atoms with Crippen LogP contribution in [0.2, 0.25) is 0 Å². The van der Waals surface area contributed by atoms with Crippen LogP contribution in [0.1, 0.15) is 18.1 Å². The van der Waals surface area contributed by atoms with Gasteiger partial charge in [0.2, 0.25) is 10.0 Å². The highest BCUT2D eigenvalue weighted by Crippen LogP contribution is 2.17. The fourth-order valence-corrected chi connectivity index (χ4v) is 2.56. The monoisotopic (exact) mass is 313 g/mol. The van der Waals surface area contributed by atoms with Gasteiger partial charge in [-0.3, -0.25) is 4.72 Å². The molecule has 2 N–H and O–H groups in total. The first-order valence-electron chi connectivity index (χ1n) is 6.44. The molecule has 7 heteroatoms. The van der Waals surface area contributed by atoms with Gasteiger partial charge in [0.05, 0.1) is 12.4 Å². The molecule has 0 saturated carbocycles. The van der Waals surface area contributed by atoms with Gasteiger partial charge in [0, 0.05) is 18.4 Å². The van der Waals surface area contributed by atoms with E-state index in [-0.39, 0.29) is 12.4 Å². The molecule has 0 aliphatic heterocycles. The molecule has 0 heterocycles. The lowest BCUT2D eigenvalue weighted by Crippen LogP contribution is -2.20. The maximum absolute atomic E-state index is 11.8. The number of aliphatic carboxylic acids is 1. The van der Waals surface area contributed by atoms with Crippen LogP contribution in [0, 0.1) is 6.92 Å². The molecule has 0 aliphatic carbocycles. The molecule has 1 aromatic carbocycles. The van der Waals surface area contributed by atoms with Gasteiger partial charge in [-0.05, 0) is 43.2 Å². The van der Waals surface area contributed by atoms with E-state index in [1.807, 2.05) is 0 Å². The fraction of sp³-hybridized carbons (Fsp3) is 0.357. The second kappa shape index (κ2) is 7.80. The lowest BCUT2D eigenvalue weighted by molar-refractivity contribution is -0.131. The number of benzene rings is 1. The smallest absolute Gasteiger partial charge is 0.328 e. The van der Waals surface area contributed by atoms with Crippen LogP contribution in [0.15, 0.2) is 24.3 Å². The van der Waals surface area contributed by atoms with Crippen LogP contribution in [0.25, 0.3) is 6.08 Å². The number of carboxylic acids is 1. The van der Waals surface area contributed by atoms with E-state index >= 15 is 0 Å². The van der Waals surface area contributed by atoms with E-state index in [0.717, 1.165) is 17.2 Å². The number of rotatable bonds is 8. The fourth-order valence-electron chi connectivity index (χ4n) is 1.63. The van der Waals surface area contributed by atoms with E-state index in [0.29, 0.717) is 12.3 Å². The lowest BCUT2D eigenvalue weighted by atomic mass is 10.1. The number of nitrogens with one attached hydrogen (secondary N) is 1. The Kier molecular flexibility index (Phi) is 6.39. The zero-order valence-electron chi connectivity index (χ0n) is 12.0. The zero-order valence-corrected chi connectivity index (χ0v) is 12.8. The summed E-state index contributed by atoms with van der Waals surface area (Å²) in [6.45, 7) is 4.19. The van der Waals surface area contributed by atoms with Crippen LogP contribution in [0.5, 0.6) is 0 Å². The second-order valence-electron chi connectivity index (χ2n) is 4.36. The third-order valence-electron chi connectivity index (χ3n) is 2.65. The quantitative estimate of drug-likeness (QED) is 0.564. The molecule has 0 amide bonds. The molecule has 0 saturated heterocycles. The first-order valence-corrected chi connectivity index (χ1v) is 8.09. The van der Waals surface area contributed by atoms with Crippen LogP contribution in [-0.4, -0.2) is 38.5 Å². The van der Waals surface area contributed by atoms with Crippen LogP contribution < -0.4 is 4.72 Å².